The van der Waals surface area contributed by atoms with Crippen molar-refractivity contribution in [3.05, 3.63) is 0 Å². The van der Waals surface area contributed by atoms with Crippen LogP contribution in [0.2, 0.25) is 25.7 Å². The lowest BCUT2D eigenvalue weighted by molar-refractivity contribution is -0.118. The van der Waals surface area contributed by atoms with E-state index in [0.717, 1.165) is 13.0 Å². The molecule has 0 heterocycles. The van der Waals surface area contributed by atoms with E-state index in [1.807, 2.05) is 0 Å². The van der Waals surface area contributed by atoms with E-state index in [-0.39, 0.29) is 15.7 Å². The standard InChI is InChI=1S/C8H21NO2Si2/c1-8(10)9-6-5-7-12-11-13(2,3)4/h5-7,12H2,1-4H3,(H,9,10). The van der Waals surface area contributed by atoms with Crippen molar-refractivity contribution in [1.29, 1.82) is 0 Å². The van der Waals surface area contributed by atoms with Crippen molar-refractivity contribution < 1.29 is 8.91 Å². The summed E-state index contributed by atoms with van der Waals surface area (Å²) >= 11 is 0. The predicted octanol–water partition coefficient (Wildman–Crippen LogP) is 0.866. The van der Waals surface area contributed by atoms with Crippen LogP contribution in [0, 0.1) is 0 Å². The Hall–Kier alpha value is -0.136. The summed E-state index contributed by atoms with van der Waals surface area (Å²) in [5.41, 5.74) is 0. The van der Waals surface area contributed by atoms with Crippen LogP contribution in [0.4, 0.5) is 0 Å². The van der Waals surface area contributed by atoms with Crippen LogP contribution in [0.15, 0.2) is 0 Å². The summed E-state index contributed by atoms with van der Waals surface area (Å²) in [6.45, 7) is 9.00. The van der Waals surface area contributed by atoms with Gasteiger partial charge < -0.3 is 9.43 Å². The van der Waals surface area contributed by atoms with E-state index in [1.54, 1.807) is 6.92 Å². The lowest BCUT2D eigenvalue weighted by atomic mass is 10.5. The Morgan fingerprint density at radius 1 is 1.46 bits per heavy atom. The second-order valence-corrected chi connectivity index (χ2v) is 10.6. The lowest BCUT2D eigenvalue weighted by Gasteiger charge is -2.17. The maximum Gasteiger partial charge on any atom is 0.216 e. The molecule has 78 valence electrons. The molecule has 1 N–H and O–H groups in total. The first-order valence-electron chi connectivity index (χ1n) is 4.80. The SMILES string of the molecule is CC(=O)NCCC[SiH2]O[Si](C)(C)C. The Morgan fingerprint density at radius 3 is 2.54 bits per heavy atom. The largest absolute Gasteiger partial charge is 0.461 e. The van der Waals surface area contributed by atoms with Crippen LogP contribution < -0.4 is 5.32 Å². The molecular weight excluding hydrogens is 198 g/mol. The number of rotatable bonds is 6. The molecule has 0 saturated heterocycles. The minimum absolute atomic E-state index is 0.0628. The van der Waals surface area contributed by atoms with Gasteiger partial charge >= 0.3 is 0 Å². The highest BCUT2D eigenvalue weighted by Gasteiger charge is 2.12. The average Bonchev–Trinajstić information content (AvgIpc) is 1.93. The minimum Gasteiger partial charge on any atom is -0.461 e. The highest BCUT2D eigenvalue weighted by molar-refractivity contribution is 6.73. The van der Waals surface area contributed by atoms with Gasteiger partial charge in [0.15, 0.2) is 8.32 Å². The molecule has 0 unspecified atom stereocenters. The van der Waals surface area contributed by atoms with E-state index in [4.69, 9.17) is 4.12 Å². The highest BCUT2D eigenvalue weighted by Crippen LogP contribution is 2.02. The van der Waals surface area contributed by atoms with Crippen LogP contribution in [0.1, 0.15) is 13.3 Å². The second kappa shape index (κ2) is 6.34. The molecule has 0 saturated carbocycles. The zero-order valence-electron chi connectivity index (χ0n) is 9.14. The molecule has 13 heavy (non-hydrogen) atoms. The van der Waals surface area contributed by atoms with E-state index >= 15 is 0 Å². The van der Waals surface area contributed by atoms with Gasteiger partial charge in [-0.2, -0.15) is 0 Å². The average molecular weight is 219 g/mol. The van der Waals surface area contributed by atoms with Crippen molar-refractivity contribution in [2.24, 2.45) is 0 Å². The maximum absolute atomic E-state index is 10.5. The summed E-state index contributed by atoms with van der Waals surface area (Å²) in [6.07, 6.45) is 1.07. The molecule has 0 spiro atoms. The Labute approximate surface area is 84.3 Å². The molecule has 0 aliphatic rings. The first-order valence-corrected chi connectivity index (χ1v) is 9.79. The van der Waals surface area contributed by atoms with Crippen molar-refractivity contribution in [2.75, 3.05) is 6.54 Å². The number of carbonyl (C=O) groups excluding carboxylic acids is 1. The number of amides is 1. The first kappa shape index (κ1) is 12.9. The molecule has 1 amide bonds. The van der Waals surface area contributed by atoms with Gasteiger partial charge in [-0.05, 0) is 32.1 Å². The highest BCUT2D eigenvalue weighted by atomic mass is 28.4. The van der Waals surface area contributed by atoms with Crippen molar-refractivity contribution >= 4 is 24.0 Å². The summed E-state index contributed by atoms with van der Waals surface area (Å²) in [5, 5.41) is 2.78. The smallest absolute Gasteiger partial charge is 0.216 e. The van der Waals surface area contributed by atoms with Gasteiger partial charge in [0, 0.05) is 13.5 Å². The van der Waals surface area contributed by atoms with Crippen molar-refractivity contribution in [3.8, 4) is 0 Å². The molecule has 3 nitrogen and oxygen atoms in total. The van der Waals surface area contributed by atoms with Gasteiger partial charge in [-0.25, -0.2) is 0 Å². The minimum atomic E-state index is -1.26. The molecule has 0 aromatic heterocycles. The molecule has 0 rings (SSSR count). The van der Waals surface area contributed by atoms with E-state index in [9.17, 15) is 4.79 Å². The third kappa shape index (κ3) is 11.9. The Kier molecular flexibility index (Phi) is 6.27. The molecule has 5 heteroatoms. The van der Waals surface area contributed by atoms with Gasteiger partial charge in [-0.15, -0.1) is 0 Å². The predicted molar refractivity (Wildman–Crippen MR) is 61.1 cm³/mol. The monoisotopic (exact) mass is 219 g/mol. The van der Waals surface area contributed by atoms with E-state index < -0.39 is 8.32 Å². The van der Waals surface area contributed by atoms with Gasteiger partial charge in [0.2, 0.25) is 5.91 Å². The molecule has 0 aliphatic heterocycles. The normalized spacial score (nSPS) is 12.3. The van der Waals surface area contributed by atoms with Crippen LogP contribution in [0.3, 0.4) is 0 Å². The molecule has 0 atom stereocenters. The van der Waals surface area contributed by atoms with Crippen LogP contribution in [0.5, 0.6) is 0 Å². The van der Waals surface area contributed by atoms with E-state index in [0.29, 0.717) is 0 Å². The fourth-order valence-corrected chi connectivity index (χ4v) is 4.35. The molecular formula is C8H21NO2Si2. The number of nitrogens with one attached hydrogen (secondary N) is 1. The summed E-state index contributed by atoms with van der Waals surface area (Å²) in [5.74, 6) is 0.0628. The summed E-state index contributed by atoms with van der Waals surface area (Å²) in [4.78, 5) is 10.5. The maximum atomic E-state index is 10.5. The molecule has 0 bridgehead atoms. The second-order valence-electron chi connectivity index (χ2n) is 4.15. The van der Waals surface area contributed by atoms with E-state index in [1.165, 1.54) is 6.04 Å². The van der Waals surface area contributed by atoms with Crippen LogP contribution in [0.25, 0.3) is 0 Å². The Morgan fingerprint density at radius 2 is 2.08 bits per heavy atom. The zero-order valence-corrected chi connectivity index (χ0v) is 11.6. The van der Waals surface area contributed by atoms with Crippen LogP contribution in [-0.2, 0) is 8.91 Å². The third-order valence-corrected chi connectivity index (χ3v) is 6.55. The Balaban J connectivity index is 3.13. The fraction of sp³-hybridized carbons (Fsp3) is 0.875. The number of carbonyl (C=O) groups is 1. The van der Waals surface area contributed by atoms with Crippen molar-refractivity contribution in [2.45, 2.75) is 39.0 Å². The molecule has 0 aromatic carbocycles. The molecule has 0 aromatic rings. The zero-order chi connectivity index (χ0) is 10.3. The van der Waals surface area contributed by atoms with Crippen LogP contribution in [-0.4, -0.2) is 30.5 Å². The quantitative estimate of drug-likeness (QED) is 0.532. The molecule has 0 fully saturated rings. The number of hydrogen-bond acceptors (Lipinski definition) is 2. The van der Waals surface area contributed by atoms with Crippen molar-refractivity contribution in [1.82, 2.24) is 5.32 Å². The summed E-state index contributed by atoms with van der Waals surface area (Å²) < 4.78 is 5.80. The first-order chi connectivity index (χ1) is 5.92. The molecule has 0 aliphatic carbocycles. The molecule has 0 radical (unpaired) electrons. The fourth-order valence-electron chi connectivity index (χ4n) is 0.870. The number of hydrogen-bond donors (Lipinski definition) is 1. The Bertz CT molecular complexity index is 157. The third-order valence-electron chi connectivity index (χ3n) is 1.48. The van der Waals surface area contributed by atoms with Crippen LogP contribution >= 0.6 is 0 Å². The topological polar surface area (TPSA) is 38.3 Å². The summed E-state index contributed by atoms with van der Waals surface area (Å²) in [7, 11) is -1.59. The van der Waals surface area contributed by atoms with Gasteiger partial charge in [0.25, 0.3) is 0 Å². The van der Waals surface area contributed by atoms with Crippen molar-refractivity contribution in [3.63, 3.8) is 0 Å². The van der Waals surface area contributed by atoms with E-state index in [2.05, 4.69) is 25.0 Å². The van der Waals surface area contributed by atoms with Gasteiger partial charge in [-0.3, -0.25) is 4.79 Å². The lowest BCUT2D eigenvalue weighted by Crippen LogP contribution is -2.28. The summed E-state index contributed by atoms with van der Waals surface area (Å²) in [6, 6.07) is 1.17. The van der Waals surface area contributed by atoms with Gasteiger partial charge in [0.1, 0.15) is 9.76 Å². The van der Waals surface area contributed by atoms with Gasteiger partial charge in [0.05, 0.1) is 0 Å². The van der Waals surface area contributed by atoms with Gasteiger partial charge in [-0.1, -0.05) is 0 Å².